The molecule has 4 aromatic carbocycles. The first-order valence-electron chi connectivity index (χ1n) is 11.0. The lowest BCUT2D eigenvalue weighted by molar-refractivity contribution is -0.286. The predicted octanol–water partition coefficient (Wildman–Crippen LogP) is 7.38. The fraction of sp³-hybridized carbons (Fsp3) is 0.0714. The van der Waals surface area contributed by atoms with E-state index in [1.807, 2.05) is 54.6 Å². The Morgan fingerprint density at radius 1 is 0.800 bits per heavy atom. The van der Waals surface area contributed by atoms with E-state index < -0.39 is 6.29 Å². The maximum atomic E-state index is 13.3. The van der Waals surface area contributed by atoms with E-state index >= 15 is 0 Å². The maximum absolute atomic E-state index is 13.3. The van der Waals surface area contributed by atoms with E-state index in [-0.39, 0.29) is 11.5 Å². The van der Waals surface area contributed by atoms with E-state index in [2.05, 4.69) is 33.7 Å². The number of hydrogen-bond acceptors (Lipinski definition) is 5. The zero-order valence-electron chi connectivity index (χ0n) is 18.3. The average Bonchev–Trinajstić information content (AvgIpc) is 3.41. The number of fused-ring (bicyclic) bond motifs is 2. The molecule has 0 saturated heterocycles. The molecular weight excluding hydrogens is 466 g/mol. The van der Waals surface area contributed by atoms with Crippen molar-refractivity contribution < 1.29 is 18.3 Å². The highest BCUT2D eigenvalue weighted by atomic mass is 32.1. The van der Waals surface area contributed by atoms with Gasteiger partial charge in [0.1, 0.15) is 0 Å². The van der Waals surface area contributed by atoms with Crippen LogP contribution in [0.2, 0.25) is 0 Å². The minimum absolute atomic E-state index is 0.0400. The number of benzene rings is 4. The molecule has 4 nitrogen and oxygen atoms in total. The van der Waals surface area contributed by atoms with Gasteiger partial charge in [-0.15, -0.1) is 20.1 Å². The molecule has 172 valence electrons. The molecule has 0 atom stereocenters. The molecule has 0 amide bonds. The standard InChI is InChI=1S/C28H18F2N2O2S/c29-28(30)33-23-14-11-18(15-24(23)34-28)16-26-32-22-13-12-21(17-25(22)35-26)31-27(19-7-3-1-4-8-19)20-9-5-2-6-10-20/h1-15,17H,16H2. The van der Waals surface area contributed by atoms with E-state index in [4.69, 9.17) is 9.98 Å². The second-order valence-electron chi connectivity index (χ2n) is 8.08. The number of aromatic nitrogens is 1. The normalized spacial score (nSPS) is 13.7. The Morgan fingerprint density at radius 2 is 1.49 bits per heavy atom. The summed E-state index contributed by atoms with van der Waals surface area (Å²) in [6, 6.07) is 31.0. The Balaban J connectivity index is 1.31. The second-order valence-corrected chi connectivity index (χ2v) is 9.19. The third-order valence-corrected chi connectivity index (χ3v) is 6.59. The smallest absolute Gasteiger partial charge is 0.395 e. The highest BCUT2D eigenvalue weighted by molar-refractivity contribution is 7.18. The highest BCUT2D eigenvalue weighted by Crippen LogP contribution is 2.41. The lowest BCUT2D eigenvalue weighted by Crippen LogP contribution is -2.25. The summed E-state index contributed by atoms with van der Waals surface area (Å²) in [5.74, 6) is 0.0813. The Labute approximate surface area is 204 Å². The molecule has 6 rings (SSSR count). The van der Waals surface area contributed by atoms with Crippen molar-refractivity contribution in [2.45, 2.75) is 12.7 Å². The molecule has 1 aliphatic rings. The number of thiazole rings is 1. The van der Waals surface area contributed by atoms with E-state index in [1.54, 1.807) is 23.5 Å². The number of ether oxygens (including phenoxy) is 2. The van der Waals surface area contributed by atoms with Gasteiger partial charge in [0.25, 0.3) is 0 Å². The molecule has 1 aromatic heterocycles. The van der Waals surface area contributed by atoms with Gasteiger partial charge in [-0.05, 0) is 35.9 Å². The van der Waals surface area contributed by atoms with Gasteiger partial charge >= 0.3 is 6.29 Å². The molecule has 0 saturated carbocycles. The summed E-state index contributed by atoms with van der Waals surface area (Å²) in [5, 5.41) is 0.873. The van der Waals surface area contributed by atoms with Crippen LogP contribution in [0.15, 0.2) is 102 Å². The van der Waals surface area contributed by atoms with E-state index in [1.165, 1.54) is 6.07 Å². The van der Waals surface area contributed by atoms with Crippen LogP contribution < -0.4 is 9.47 Å². The molecular formula is C28H18F2N2O2S. The summed E-state index contributed by atoms with van der Waals surface area (Å²) in [5.41, 5.74) is 5.50. The number of aliphatic imine (C=N–C) groups is 1. The monoisotopic (exact) mass is 484 g/mol. The van der Waals surface area contributed by atoms with Crippen LogP contribution in [0.4, 0.5) is 14.5 Å². The van der Waals surface area contributed by atoms with Gasteiger partial charge in [-0.1, -0.05) is 66.7 Å². The quantitative estimate of drug-likeness (QED) is 0.245. The number of rotatable bonds is 5. The van der Waals surface area contributed by atoms with Crippen molar-refractivity contribution >= 4 is 33.0 Å². The molecule has 0 unspecified atom stereocenters. The summed E-state index contributed by atoms with van der Waals surface area (Å²) in [4.78, 5) is 9.71. The van der Waals surface area contributed by atoms with Crippen molar-refractivity contribution in [3.63, 3.8) is 0 Å². The minimum Gasteiger partial charge on any atom is -0.395 e. The fourth-order valence-electron chi connectivity index (χ4n) is 4.00. The van der Waals surface area contributed by atoms with Crippen molar-refractivity contribution in [2.24, 2.45) is 4.99 Å². The topological polar surface area (TPSA) is 43.7 Å². The SMILES string of the molecule is FC1(F)Oc2ccc(Cc3nc4ccc(N=C(c5ccccc5)c5ccccc5)cc4s3)cc2O1. The Kier molecular flexibility index (Phi) is 5.26. The van der Waals surface area contributed by atoms with Gasteiger partial charge in [0, 0.05) is 17.5 Å². The molecule has 5 aromatic rings. The zero-order chi connectivity index (χ0) is 23.8. The lowest BCUT2D eigenvalue weighted by Gasteiger charge is -2.07. The molecule has 7 heteroatoms. The highest BCUT2D eigenvalue weighted by Gasteiger charge is 2.43. The largest absolute Gasteiger partial charge is 0.586 e. The average molecular weight is 485 g/mol. The van der Waals surface area contributed by atoms with Crippen molar-refractivity contribution in [2.75, 3.05) is 0 Å². The Hall–Kier alpha value is -4.10. The maximum Gasteiger partial charge on any atom is 0.586 e. The first-order chi connectivity index (χ1) is 17.0. The molecule has 0 N–H and O–H groups in total. The Bertz CT molecular complexity index is 1510. The van der Waals surface area contributed by atoms with E-state index in [0.29, 0.717) is 6.42 Å². The summed E-state index contributed by atoms with van der Waals surface area (Å²) in [6.07, 6.45) is -3.12. The summed E-state index contributed by atoms with van der Waals surface area (Å²) >= 11 is 1.56. The number of alkyl halides is 2. The first kappa shape index (κ1) is 21.4. The van der Waals surface area contributed by atoms with E-state index in [0.717, 1.165) is 43.3 Å². The van der Waals surface area contributed by atoms with Gasteiger partial charge in [-0.3, -0.25) is 0 Å². The number of halogens is 2. The van der Waals surface area contributed by atoms with Crippen molar-refractivity contribution in [3.05, 3.63) is 119 Å². The fourth-order valence-corrected chi connectivity index (χ4v) is 5.04. The lowest BCUT2D eigenvalue weighted by atomic mass is 10.0. The molecule has 0 aliphatic carbocycles. The van der Waals surface area contributed by atoms with Gasteiger partial charge in [0.15, 0.2) is 11.5 Å². The van der Waals surface area contributed by atoms with Crippen LogP contribution in [0, 0.1) is 0 Å². The van der Waals surface area contributed by atoms with Crippen LogP contribution in [0.25, 0.3) is 10.2 Å². The van der Waals surface area contributed by atoms with Crippen LogP contribution in [0.5, 0.6) is 11.5 Å². The van der Waals surface area contributed by atoms with Gasteiger partial charge < -0.3 is 9.47 Å². The number of nitrogens with zero attached hydrogens (tertiary/aromatic N) is 2. The predicted molar refractivity (Wildman–Crippen MR) is 133 cm³/mol. The van der Waals surface area contributed by atoms with Crippen molar-refractivity contribution in [1.82, 2.24) is 4.98 Å². The third-order valence-electron chi connectivity index (χ3n) is 5.57. The van der Waals surface area contributed by atoms with Gasteiger partial charge in [0.2, 0.25) is 0 Å². The number of hydrogen-bond donors (Lipinski definition) is 0. The van der Waals surface area contributed by atoms with Crippen LogP contribution in [0.1, 0.15) is 21.7 Å². The molecule has 0 fully saturated rings. The van der Waals surface area contributed by atoms with Gasteiger partial charge in [-0.2, -0.15) is 0 Å². The zero-order valence-corrected chi connectivity index (χ0v) is 19.1. The molecule has 2 heterocycles. The van der Waals surface area contributed by atoms with Gasteiger partial charge in [0.05, 0.1) is 26.6 Å². The van der Waals surface area contributed by atoms with Crippen LogP contribution in [-0.2, 0) is 6.42 Å². The van der Waals surface area contributed by atoms with Crippen LogP contribution in [0.3, 0.4) is 0 Å². The first-order valence-corrected chi connectivity index (χ1v) is 11.8. The molecule has 0 bridgehead atoms. The van der Waals surface area contributed by atoms with Crippen LogP contribution >= 0.6 is 11.3 Å². The summed E-state index contributed by atoms with van der Waals surface area (Å²) in [6.45, 7) is 0. The molecule has 35 heavy (non-hydrogen) atoms. The second kappa shape index (κ2) is 8.60. The molecule has 0 radical (unpaired) electrons. The van der Waals surface area contributed by atoms with E-state index in [9.17, 15) is 8.78 Å². The van der Waals surface area contributed by atoms with Gasteiger partial charge in [-0.25, -0.2) is 9.98 Å². The molecule has 1 aliphatic heterocycles. The Morgan fingerprint density at radius 3 is 2.20 bits per heavy atom. The third kappa shape index (κ3) is 4.50. The van der Waals surface area contributed by atoms with Crippen molar-refractivity contribution in [3.8, 4) is 11.5 Å². The van der Waals surface area contributed by atoms with Crippen LogP contribution in [-0.4, -0.2) is 17.0 Å². The summed E-state index contributed by atoms with van der Waals surface area (Å²) in [7, 11) is 0. The minimum atomic E-state index is -3.62. The molecule has 0 spiro atoms. The summed E-state index contributed by atoms with van der Waals surface area (Å²) < 4.78 is 36.7. The van der Waals surface area contributed by atoms with Crippen molar-refractivity contribution in [1.29, 1.82) is 0 Å².